The third kappa shape index (κ3) is 3.46. The van der Waals surface area contributed by atoms with Crippen molar-refractivity contribution in [3.63, 3.8) is 0 Å². The lowest BCUT2D eigenvalue weighted by Crippen LogP contribution is -2.26. The van der Waals surface area contributed by atoms with Crippen LogP contribution < -0.4 is 9.44 Å². The molecule has 1 fully saturated rings. The maximum Gasteiger partial charge on any atom is 0.261 e. The molecule has 0 saturated heterocycles. The molecule has 0 unspecified atom stereocenters. The van der Waals surface area contributed by atoms with Crippen LogP contribution in [0, 0.1) is 0 Å². The molecule has 26 heavy (non-hydrogen) atoms. The first-order valence-electron chi connectivity index (χ1n) is 8.06. The van der Waals surface area contributed by atoms with Crippen LogP contribution in [0.25, 0.3) is 10.9 Å². The van der Waals surface area contributed by atoms with Gasteiger partial charge in [0.05, 0.1) is 9.79 Å². The summed E-state index contributed by atoms with van der Waals surface area (Å²) in [4.78, 5) is 2.87. The molecule has 9 heteroatoms. The van der Waals surface area contributed by atoms with E-state index in [4.69, 9.17) is 0 Å². The molecular formula is C17H17N3O4S2. The van der Waals surface area contributed by atoms with Crippen LogP contribution in [0.1, 0.15) is 12.8 Å². The Morgan fingerprint density at radius 2 is 1.62 bits per heavy atom. The van der Waals surface area contributed by atoms with Crippen LogP contribution in [-0.2, 0) is 20.0 Å². The van der Waals surface area contributed by atoms with E-state index in [2.05, 4.69) is 14.4 Å². The second-order valence-electron chi connectivity index (χ2n) is 6.26. The molecule has 7 nitrogen and oxygen atoms in total. The zero-order valence-electron chi connectivity index (χ0n) is 13.6. The van der Waals surface area contributed by atoms with Crippen molar-refractivity contribution in [2.75, 3.05) is 4.72 Å². The lowest BCUT2D eigenvalue weighted by atomic mass is 10.2. The molecular weight excluding hydrogens is 374 g/mol. The number of H-pyrrole nitrogens is 1. The number of hydrogen-bond donors (Lipinski definition) is 3. The fraction of sp³-hybridized carbons (Fsp3) is 0.176. The van der Waals surface area contributed by atoms with Crippen LogP contribution in [-0.4, -0.2) is 27.9 Å². The van der Waals surface area contributed by atoms with Gasteiger partial charge in [0, 0.05) is 28.8 Å². The van der Waals surface area contributed by atoms with Crippen molar-refractivity contribution < 1.29 is 16.8 Å². The van der Waals surface area contributed by atoms with Gasteiger partial charge < -0.3 is 4.98 Å². The maximum atomic E-state index is 12.7. The van der Waals surface area contributed by atoms with E-state index >= 15 is 0 Å². The number of nitrogens with one attached hydrogen (secondary N) is 3. The molecule has 1 aliphatic rings. The molecule has 136 valence electrons. The summed E-state index contributed by atoms with van der Waals surface area (Å²) >= 11 is 0. The predicted octanol–water partition coefficient (Wildman–Crippen LogP) is 2.41. The van der Waals surface area contributed by atoms with Gasteiger partial charge >= 0.3 is 0 Å². The molecule has 0 aliphatic heterocycles. The Kier molecular flexibility index (Phi) is 4.02. The Hall–Kier alpha value is -2.36. The van der Waals surface area contributed by atoms with Gasteiger partial charge in [-0.05, 0) is 55.3 Å². The Morgan fingerprint density at radius 3 is 2.35 bits per heavy atom. The van der Waals surface area contributed by atoms with E-state index in [9.17, 15) is 16.8 Å². The molecule has 1 heterocycles. The van der Waals surface area contributed by atoms with Crippen LogP contribution in [0.5, 0.6) is 0 Å². The van der Waals surface area contributed by atoms with Gasteiger partial charge in [0.25, 0.3) is 10.0 Å². The van der Waals surface area contributed by atoms with Crippen molar-refractivity contribution in [3.8, 4) is 0 Å². The average molecular weight is 391 g/mol. The topological polar surface area (TPSA) is 108 Å². The van der Waals surface area contributed by atoms with Crippen LogP contribution >= 0.6 is 0 Å². The first-order valence-corrected chi connectivity index (χ1v) is 11.0. The summed E-state index contributed by atoms with van der Waals surface area (Å²) in [6.07, 6.45) is 3.38. The van der Waals surface area contributed by atoms with Crippen LogP contribution in [0.2, 0.25) is 0 Å². The fourth-order valence-corrected chi connectivity index (χ4v) is 5.15. The number of aromatic amines is 1. The van der Waals surface area contributed by atoms with Gasteiger partial charge in [0.15, 0.2) is 0 Å². The van der Waals surface area contributed by atoms with Crippen molar-refractivity contribution in [2.24, 2.45) is 0 Å². The molecule has 2 aromatic carbocycles. The largest absolute Gasteiger partial charge is 0.361 e. The van der Waals surface area contributed by atoms with Crippen molar-refractivity contribution in [1.82, 2.24) is 9.71 Å². The van der Waals surface area contributed by atoms with Crippen LogP contribution in [0.4, 0.5) is 5.69 Å². The molecule has 0 radical (unpaired) electrons. The summed E-state index contributed by atoms with van der Waals surface area (Å²) in [5, 5.41) is 0.871. The number of aromatic nitrogens is 1. The van der Waals surface area contributed by atoms with E-state index in [1.807, 2.05) is 6.07 Å². The fourth-order valence-electron chi connectivity index (χ4n) is 2.63. The van der Waals surface area contributed by atoms with E-state index in [1.54, 1.807) is 24.4 Å². The summed E-state index contributed by atoms with van der Waals surface area (Å²) in [5.74, 6) is 0. The Labute approximate surface area is 151 Å². The molecule has 1 saturated carbocycles. The number of hydrogen-bond acceptors (Lipinski definition) is 4. The minimum absolute atomic E-state index is 0.0496. The Morgan fingerprint density at radius 1 is 0.885 bits per heavy atom. The number of anilines is 1. The molecule has 1 aliphatic carbocycles. The SMILES string of the molecule is O=S(=O)(Nc1ccc2[nH]ccc2c1)c1cccc(S(=O)(=O)NC2CC2)c1. The normalized spacial score (nSPS) is 15.2. The highest BCUT2D eigenvalue weighted by Gasteiger charge is 2.28. The number of benzene rings is 2. The quantitative estimate of drug-likeness (QED) is 0.599. The standard InChI is InChI=1S/C17H17N3O4S2/c21-25(22,19-13-4-5-13)15-2-1-3-16(11-15)26(23,24)20-14-6-7-17-12(10-14)8-9-18-17/h1-3,6-11,13,18-20H,4-5H2. The number of fused-ring (bicyclic) bond motifs is 1. The number of rotatable bonds is 6. The molecule has 4 rings (SSSR count). The minimum atomic E-state index is -3.91. The van der Waals surface area contributed by atoms with E-state index in [0.29, 0.717) is 5.69 Å². The van der Waals surface area contributed by atoms with Crippen LogP contribution in [0.3, 0.4) is 0 Å². The molecule has 1 aromatic heterocycles. The smallest absolute Gasteiger partial charge is 0.261 e. The number of sulfonamides is 2. The van der Waals surface area contributed by atoms with E-state index in [-0.39, 0.29) is 15.8 Å². The van der Waals surface area contributed by atoms with Gasteiger partial charge in [-0.15, -0.1) is 0 Å². The molecule has 3 N–H and O–H groups in total. The third-order valence-electron chi connectivity index (χ3n) is 4.13. The highest BCUT2D eigenvalue weighted by atomic mass is 32.2. The summed E-state index contributed by atoms with van der Waals surface area (Å²) in [5.41, 5.74) is 1.30. The third-order valence-corrected chi connectivity index (χ3v) is 7.03. The van der Waals surface area contributed by atoms with Crippen molar-refractivity contribution in [3.05, 3.63) is 54.7 Å². The van der Waals surface area contributed by atoms with E-state index in [1.165, 1.54) is 24.3 Å². The summed E-state index contributed by atoms with van der Waals surface area (Å²) in [6, 6.07) is 12.3. The van der Waals surface area contributed by atoms with Crippen LogP contribution in [0.15, 0.2) is 64.5 Å². The van der Waals surface area contributed by atoms with Gasteiger partial charge in [0.1, 0.15) is 0 Å². The first-order chi connectivity index (χ1) is 12.3. The van der Waals surface area contributed by atoms with E-state index < -0.39 is 20.0 Å². The molecule has 0 spiro atoms. The van der Waals surface area contributed by atoms with E-state index in [0.717, 1.165) is 23.7 Å². The zero-order chi connectivity index (χ0) is 18.4. The molecule has 0 atom stereocenters. The minimum Gasteiger partial charge on any atom is -0.361 e. The highest BCUT2D eigenvalue weighted by molar-refractivity contribution is 7.93. The maximum absolute atomic E-state index is 12.7. The second-order valence-corrected chi connectivity index (χ2v) is 9.65. The Bertz CT molecular complexity index is 1180. The van der Waals surface area contributed by atoms with Gasteiger partial charge in [-0.3, -0.25) is 4.72 Å². The van der Waals surface area contributed by atoms with Gasteiger partial charge in [0.2, 0.25) is 10.0 Å². The van der Waals surface area contributed by atoms with Gasteiger partial charge in [-0.2, -0.15) is 0 Å². The zero-order valence-corrected chi connectivity index (χ0v) is 15.3. The lowest BCUT2D eigenvalue weighted by Gasteiger charge is -2.10. The molecule has 3 aromatic rings. The lowest BCUT2D eigenvalue weighted by molar-refractivity contribution is 0.580. The summed E-state index contributed by atoms with van der Waals surface area (Å²) < 4.78 is 55.0. The molecule has 0 amide bonds. The monoisotopic (exact) mass is 391 g/mol. The van der Waals surface area contributed by atoms with Crippen molar-refractivity contribution in [1.29, 1.82) is 0 Å². The van der Waals surface area contributed by atoms with Crippen molar-refractivity contribution in [2.45, 2.75) is 28.7 Å². The molecule has 0 bridgehead atoms. The Balaban J connectivity index is 1.63. The van der Waals surface area contributed by atoms with Gasteiger partial charge in [-0.25, -0.2) is 21.6 Å². The first kappa shape index (κ1) is 17.1. The van der Waals surface area contributed by atoms with Gasteiger partial charge in [-0.1, -0.05) is 6.07 Å². The summed E-state index contributed by atoms with van der Waals surface area (Å²) in [6.45, 7) is 0. The summed E-state index contributed by atoms with van der Waals surface area (Å²) in [7, 11) is -7.63. The highest BCUT2D eigenvalue weighted by Crippen LogP contribution is 2.25. The predicted molar refractivity (Wildman–Crippen MR) is 98.9 cm³/mol. The second kappa shape index (κ2) is 6.11. The average Bonchev–Trinajstić information content (AvgIpc) is 3.27. The van der Waals surface area contributed by atoms with Crippen molar-refractivity contribution >= 4 is 36.6 Å².